The van der Waals surface area contributed by atoms with Crippen molar-refractivity contribution >= 4 is 11.6 Å². The van der Waals surface area contributed by atoms with Crippen molar-refractivity contribution in [3.8, 4) is 11.8 Å². The molecule has 2 nitrogen and oxygen atoms in total. The Morgan fingerprint density at radius 2 is 2.00 bits per heavy atom. The van der Waals surface area contributed by atoms with Crippen LogP contribution in [0.25, 0.3) is 0 Å². The standard InChI is InChI=1S/C17H16ClNO/c1-13-5-4-6-15(11-13)20-10-9-14(12-19)16-7-2-3-8-17(16)18/h2-8,11,14H,9-10H2,1H3. The predicted octanol–water partition coefficient (Wildman–Crippen LogP) is 4.72. The third kappa shape index (κ3) is 3.76. The zero-order valence-electron chi connectivity index (χ0n) is 11.3. The number of hydrogen-bond acceptors (Lipinski definition) is 2. The fourth-order valence-electron chi connectivity index (χ4n) is 2.05. The normalized spacial score (nSPS) is 11.7. The Bertz CT molecular complexity index is 618. The van der Waals surface area contributed by atoms with Gasteiger partial charge >= 0.3 is 0 Å². The van der Waals surface area contributed by atoms with Gasteiger partial charge in [0.2, 0.25) is 0 Å². The number of nitrogens with zero attached hydrogens (tertiary/aromatic N) is 1. The number of rotatable bonds is 5. The van der Waals surface area contributed by atoms with Gasteiger partial charge in [0.25, 0.3) is 0 Å². The van der Waals surface area contributed by atoms with Gasteiger partial charge in [-0.15, -0.1) is 0 Å². The average molecular weight is 286 g/mol. The van der Waals surface area contributed by atoms with Crippen LogP contribution in [0.1, 0.15) is 23.5 Å². The van der Waals surface area contributed by atoms with Crippen molar-refractivity contribution in [1.82, 2.24) is 0 Å². The van der Waals surface area contributed by atoms with Gasteiger partial charge < -0.3 is 4.74 Å². The lowest BCUT2D eigenvalue weighted by Gasteiger charge is -2.12. The van der Waals surface area contributed by atoms with Crippen molar-refractivity contribution < 1.29 is 4.74 Å². The quantitative estimate of drug-likeness (QED) is 0.796. The Balaban J connectivity index is 1.96. The molecule has 0 spiro atoms. The zero-order chi connectivity index (χ0) is 14.4. The van der Waals surface area contributed by atoms with Crippen LogP contribution in [-0.4, -0.2) is 6.61 Å². The van der Waals surface area contributed by atoms with Gasteiger partial charge in [0.1, 0.15) is 5.75 Å². The Kier molecular flexibility index (Phi) is 5.03. The summed E-state index contributed by atoms with van der Waals surface area (Å²) >= 11 is 6.12. The Hall–Kier alpha value is -1.98. The van der Waals surface area contributed by atoms with Crippen LogP contribution in [0.3, 0.4) is 0 Å². The van der Waals surface area contributed by atoms with Crippen LogP contribution < -0.4 is 4.74 Å². The van der Waals surface area contributed by atoms with Crippen molar-refractivity contribution in [3.05, 3.63) is 64.7 Å². The molecule has 2 rings (SSSR count). The van der Waals surface area contributed by atoms with E-state index in [0.717, 1.165) is 16.9 Å². The maximum Gasteiger partial charge on any atom is 0.119 e. The van der Waals surface area contributed by atoms with Crippen LogP contribution in [0.5, 0.6) is 5.75 Å². The van der Waals surface area contributed by atoms with E-state index >= 15 is 0 Å². The van der Waals surface area contributed by atoms with Crippen LogP contribution in [0.15, 0.2) is 48.5 Å². The molecule has 0 aromatic heterocycles. The number of halogens is 1. The van der Waals surface area contributed by atoms with Crippen molar-refractivity contribution in [1.29, 1.82) is 5.26 Å². The first kappa shape index (κ1) is 14.4. The van der Waals surface area contributed by atoms with Crippen LogP contribution in [0.4, 0.5) is 0 Å². The summed E-state index contributed by atoms with van der Waals surface area (Å²) in [4.78, 5) is 0. The first-order valence-corrected chi connectivity index (χ1v) is 6.92. The Morgan fingerprint density at radius 3 is 2.70 bits per heavy atom. The van der Waals surface area contributed by atoms with Gasteiger partial charge in [-0.1, -0.05) is 41.9 Å². The van der Waals surface area contributed by atoms with Crippen LogP contribution in [-0.2, 0) is 0 Å². The monoisotopic (exact) mass is 285 g/mol. The van der Waals surface area contributed by atoms with E-state index in [4.69, 9.17) is 16.3 Å². The third-order valence-corrected chi connectivity index (χ3v) is 3.45. The number of aryl methyl sites for hydroxylation is 1. The highest BCUT2D eigenvalue weighted by atomic mass is 35.5. The highest BCUT2D eigenvalue weighted by molar-refractivity contribution is 6.31. The van der Waals surface area contributed by atoms with E-state index in [1.54, 1.807) is 0 Å². The lowest BCUT2D eigenvalue weighted by molar-refractivity contribution is 0.306. The molecular weight excluding hydrogens is 270 g/mol. The molecule has 0 N–H and O–H groups in total. The summed E-state index contributed by atoms with van der Waals surface area (Å²) in [7, 11) is 0. The van der Waals surface area contributed by atoms with Crippen molar-refractivity contribution in [3.63, 3.8) is 0 Å². The Morgan fingerprint density at radius 1 is 1.20 bits per heavy atom. The largest absolute Gasteiger partial charge is 0.494 e. The fourth-order valence-corrected chi connectivity index (χ4v) is 2.31. The summed E-state index contributed by atoms with van der Waals surface area (Å²) in [6, 6.07) is 17.6. The molecule has 0 aliphatic carbocycles. The molecule has 102 valence electrons. The summed E-state index contributed by atoms with van der Waals surface area (Å²) in [6.45, 7) is 2.52. The molecule has 1 unspecified atom stereocenters. The predicted molar refractivity (Wildman–Crippen MR) is 81.1 cm³/mol. The summed E-state index contributed by atoms with van der Waals surface area (Å²) in [5.74, 6) is 0.592. The second-order valence-electron chi connectivity index (χ2n) is 4.66. The molecule has 0 radical (unpaired) electrons. The molecule has 0 aliphatic heterocycles. The van der Waals surface area contributed by atoms with Gasteiger partial charge in [0.15, 0.2) is 0 Å². The SMILES string of the molecule is Cc1cccc(OCCC(C#N)c2ccccc2Cl)c1. The lowest BCUT2D eigenvalue weighted by Crippen LogP contribution is -2.05. The minimum absolute atomic E-state index is 0.242. The second-order valence-corrected chi connectivity index (χ2v) is 5.06. The molecule has 20 heavy (non-hydrogen) atoms. The van der Waals surface area contributed by atoms with Crippen molar-refractivity contribution in [2.45, 2.75) is 19.3 Å². The average Bonchev–Trinajstić information content (AvgIpc) is 2.45. The van der Waals surface area contributed by atoms with E-state index in [0.29, 0.717) is 18.1 Å². The first-order chi connectivity index (χ1) is 9.70. The smallest absolute Gasteiger partial charge is 0.119 e. The molecule has 0 amide bonds. The molecule has 1 atom stereocenters. The summed E-state index contributed by atoms with van der Waals surface area (Å²) < 4.78 is 5.69. The third-order valence-electron chi connectivity index (χ3n) is 3.10. The van der Waals surface area contributed by atoms with Crippen molar-refractivity contribution in [2.24, 2.45) is 0 Å². The molecule has 0 saturated carbocycles. The van der Waals surface area contributed by atoms with E-state index in [2.05, 4.69) is 6.07 Å². The highest BCUT2D eigenvalue weighted by Gasteiger charge is 2.13. The molecule has 2 aromatic carbocycles. The summed E-state index contributed by atoms with van der Waals surface area (Å²) in [5, 5.41) is 9.91. The van der Waals surface area contributed by atoms with Gasteiger partial charge in [0.05, 0.1) is 18.6 Å². The number of benzene rings is 2. The Labute approximate surface area is 124 Å². The van der Waals surface area contributed by atoms with Gasteiger partial charge in [-0.2, -0.15) is 5.26 Å². The van der Waals surface area contributed by atoms with Crippen LogP contribution >= 0.6 is 11.6 Å². The van der Waals surface area contributed by atoms with Gasteiger partial charge in [-0.25, -0.2) is 0 Å². The molecule has 3 heteroatoms. The number of ether oxygens (including phenoxy) is 1. The van der Waals surface area contributed by atoms with E-state index in [1.165, 1.54) is 0 Å². The van der Waals surface area contributed by atoms with Gasteiger partial charge in [-0.3, -0.25) is 0 Å². The minimum atomic E-state index is -0.242. The van der Waals surface area contributed by atoms with E-state index in [9.17, 15) is 5.26 Å². The van der Waals surface area contributed by atoms with E-state index < -0.39 is 0 Å². The molecule has 0 aliphatic rings. The first-order valence-electron chi connectivity index (χ1n) is 6.54. The molecule has 0 fully saturated rings. The maximum absolute atomic E-state index is 9.28. The summed E-state index contributed by atoms with van der Waals surface area (Å²) in [5.41, 5.74) is 2.02. The highest BCUT2D eigenvalue weighted by Crippen LogP contribution is 2.26. The molecule has 0 bridgehead atoms. The molecule has 0 saturated heterocycles. The summed E-state index contributed by atoms with van der Waals surface area (Å²) in [6.07, 6.45) is 0.619. The second kappa shape index (κ2) is 6.98. The number of hydrogen-bond donors (Lipinski definition) is 0. The van der Waals surface area contributed by atoms with Crippen molar-refractivity contribution in [2.75, 3.05) is 6.61 Å². The van der Waals surface area contributed by atoms with E-state index in [1.807, 2.05) is 55.5 Å². The van der Waals surface area contributed by atoms with Gasteiger partial charge in [-0.05, 0) is 36.2 Å². The fraction of sp³-hybridized carbons (Fsp3) is 0.235. The molecule has 0 heterocycles. The zero-order valence-corrected chi connectivity index (χ0v) is 12.1. The minimum Gasteiger partial charge on any atom is -0.494 e. The van der Waals surface area contributed by atoms with Gasteiger partial charge in [0, 0.05) is 11.4 Å². The van der Waals surface area contributed by atoms with E-state index in [-0.39, 0.29) is 5.92 Å². The lowest BCUT2D eigenvalue weighted by atomic mass is 9.98. The molecular formula is C17H16ClNO. The maximum atomic E-state index is 9.28. The number of nitriles is 1. The van der Waals surface area contributed by atoms with Crippen LogP contribution in [0, 0.1) is 18.3 Å². The topological polar surface area (TPSA) is 33.0 Å². The van der Waals surface area contributed by atoms with Crippen LogP contribution in [0.2, 0.25) is 5.02 Å². The molecule has 2 aromatic rings.